The standard InChI is InChI=1S/C16H16N2O/c1-11-6-7-13(10-14(11)17)16(19)18-9-8-12-4-2-3-5-15(12)18/h2-7,10H,8-9,17H2,1H3. The van der Waals surface area contributed by atoms with Crippen molar-refractivity contribution >= 4 is 17.3 Å². The molecule has 0 saturated carbocycles. The van der Waals surface area contributed by atoms with E-state index in [2.05, 4.69) is 6.07 Å². The van der Waals surface area contributed by atoms with Crippen LogP contribution >= 0.6 is 0 Å². The van der Waals surface area contributed by atoms with Crippen LogP contribution in [0.5, 0.6) is 0 Å². The van der Waals surface area contributed by atoms with Crippen molar-refractivity contribution in [1.29, 1.82) is 0 Å². The van der Waals surface area contributed by atoms with Crippen LogP contribution in [0.4, 0.5) is 11.4 Å². The van der Waals surface area contributed by atoms with Crippen molar-refractivity contribution in [2.45, 2.75) is 13.3 Å². The first-order chi connectivity index (χ1) is 9.16. The van der Waals surface area contributed by atoms with Gasteiger partial charge in [-0.05, 0) is 42.7 Å². The van der Waals surface area contributed by atoms with Crippen LogP contribution in [0.3, 0.4) is 0 Å². The first kappa shape index (κ1) is 11.8. The van der Waals surface area contributed by atoms with Crippen molar-refractivity contribution in [2.75, 3.05) is 17.2 Å². The molecule has 3 nitrogen and oxygen atoms in total. The normalized spacial score (nSPS) is 13.4. The zero-order valence-corrected chi connectivity index (χ0v) is 10.9. The van der Waals surface area contributed by atoms with Gasteiger partial charge in [0.05, 0.1) is 0 Å². The molecule has 1 aliphatic rings. The number of rotatable bonds is 1. The summed E-state index contributed by atoms with van der Waals surface area (Å²) in [6, 6.07) is 13.5. The maximum absolute atomic E-state index is 12.5. The molecule has 3 heteroatoms. The van der Waals surface area contributed by atoms with Gasteiger partial charge < -0.3 is 10.6 Å². The van der Waals surface area contributed by atoms with E-state index in [4.69, 9.17) is 5.73 Å². The number of nitrogens with two attached hydrogens (primary N) is 1. The predicted molar refractivity (Wildman–Crippen MR) is 77.4 cm³/mol. The van der Waals surface area contributed by atoms with E-state index >= 15 is 0 Å². The van der Waals surface area contributed by atoms with Crippen molar-refractivity contribution in [3.8, 4) is 0 Å². The minimum Gasteiger partial charge on any atom is -0.398 e. The Morgan fingerprint density at radius 1 is 1.21 bits per heavy atom. The van der Waals surface area contributed by atoms with Gasteiger partial charge in [-0.1, -0.05) is 24.3 Å². The molecule has 0 fully saturated rings. The summed E-state index contributed by atoms with van der Waals surface area (Å²) in [5.74, 6) is 0.0247. The van der Waals surface area contributed by atoms with Gasteiger partial charge in [-0.2, -0.15) is 0 Å². The van der Waals surface area contributed by atoms with Gasteiger partial charge in [0.1, 0.15) is 0 Å². The molecule has 19 heavy (non-hydrogen) atoms. The molecule has 3 rings (SSSR count). The Kier molecular flexibility index (Phi) is 2.75. The molecule has 1 aliphatic heterocycles. The number of aryl methyl sites for hydroxylation is 1. The van der Waals surface area contributed by atoms with Crippen molar-refractivity contribution in [2.24, 2.45) is 0 Å². The monoisotopic (exact) mass is 252 g/mol. The van der Waals surface area contributed by atoms with E-state index in [9.17, 15) is 4.79 Å². The lowest BCUT2D eigenvalue weighted by atomic mass is 10.1. The van der Waals surface area contributed by atoms with E-state index in [-0.39, 0.29) is 5.91 Å². The van der Waals surface area contributed by atoms with Gasteiger partial charge >= 0.3 is 0 Å². The van der Waals surface area contributed by atoms with Crippen LogP contribution in [0.1, 0.15) is 21.5 Å². The van der Waals surface area contributed by atoms with Gasteiger partial charge in [-0.15, -0.1) is 0 Å². The fraction of sp³-hybridized carbons (Fsp3) is 0.188. The highest BCUT2D eigenvalue weighted by Gasteiger charge is 2.25. The average Bonchev–Trinajstić information content (AvgIpc) is 2.85. The molecule has 0 saturated heterocycles. The number of anilines is 2. The molecular weight excluding hydrogens is 236 g/mol. The van der Waals surface area contributed by atoms with Gasteiger partial charge in [0.2, 0.25) is 0 Å². The molecule has 0 radical (unpaired) electrons. The lowest BCUT2D eigenvalue weighted by molar-refractivity contribution is 0.0989. The molecule has 0 spiro atoms. The number of hydrogen-bond donors (Lipinski definition) is 1. The summed E-state index contributed by atoms with van der Waals surface area (Å²) in [5, 5.41) is 0. The first-order valence-electron chi connectivity index (χ1n) is 6.43. The molecule has 0 aromatic heterocycles. The predicted octanol–water partition coefficient (Wildman–Crippen LogP) is 2.78. The Morgan fingerprint density at radius 2 is 2.00 bits per heavy atom. The Morgan fingerprint density at radius 3 is 2.79 bits per heavy atom. The summed E-state index contributed by atoms with van der Waals surface area (Å²) in [4.78, 5) is 14.4. The zero-order chi connectivity index (χ0) is 13.4. The lowest BCUT2D eigenvalue weighted by Crippen LogP contribution is -2.28. The average molecular weight is 252 g/mol. The maximum Gasteiger partial charge on any atom is 0.258 e. The summed E-state index contributed by atoms with van der Waals surface area (Å²) in [6.45, 7) is 2.68. The molecule has 0 unspecified atom stereocenters. The SMILES string of the molecule is Cc1ccc(C(=O)N2CCc3ccccc32)cc1N. The van der Waals surface area contributed by atoms with E-state index in [1.54, 1.807) is 6.07 Å². The number of carbonyl (C=O) groups excluding carboxylic acids is 1. The largest absolute Gasteiger partial charge is 0.398 e. The number of amides is 1. The topological polar surface area (TPSA) is 46.3 Å². The van der Waals surface area contributed by atoms with E-state index < -0.39 is 0 Å². The lowest BCUT2D eigenvalue weighted by Gasteiger charge is -2.17. The Bertz CT molecular complexity index is 649. The van der Waals surface area contributed by atoms with Gasteiger partial charge in [0.25, 0.3) is 5.91 Å². The second kappa shape index (κ2) is 4.43. The van der Waals surface area contributed by atoms with Crippen molar-refractivity contribution in [3.05, 3.63) is 59.2 Å². The third kappa shape index (κ3) is 1.97. The van der Waals surface area contributed by atoms with Crippen LogP contribution in [-0.4, -0.2) is 12.5 Å². The third-order valence-electron chi connectivity index (χ3n) is 3.66. The number of fused-ring (bicyclic) bond motifs is 1. The molecule has 96 valence electrons. The third-order valence-corrected chi connectivity index (χ3v) is 3.66. The maximum atomic E-state index is 12.5. The Hall–Kier alpha value is -2.29. The highest BCUT2D eigenvalue weighted by atomic mass is 16.2. The van der Waals surface area contributed by atoms with Crippen LogP contribution in [-0.2, 0) is 6.42 Å². The summed E-state index contributed by atoms with van der Waals surface area (Å²) in [7, 11) is 0. The zero-order valence-electron chi connectivity index (χ0n) is 10.9. The van der Waals surface area contributed by atoms with Gasteiger partial charge in [-0.3, -0.25) is 4.79 Å². The van der Waals surface area contributed by atoms with Crippen LogP contribution in [0.15, 0.2) is 42.5 Å². The van der Waals surface area contributed by atoms with E-state index in [1.807, 2.05) is 42.2 Å². The number of nitrogens with zero attached hydrogens (tertiary/aromatic N) is 1. The van der Waals surface area contributed by atoms with Crippen LogP contribution in [0.2, 0.25) is 0 Å². The minimum atomic E-state index is 0.0247. The summed E-state index contributed by atoms with van der Waals surface area (Å²) in [6.07, 6.45) is 0.920. The second-order valence-corrected chi connectivity index (χ2v) is 4.91. The molecule has 0 atom stereocenters. The molecule has 2 aromatic carbocycles. The number of para-hydroxylation sites is 1. The number of benzene rings is 2. The Labute approximate surface area is 112 Å². The number of carbonyl (C=O) groups is 1. The Balaban J connectivity index is 1.95. The van der Waals surface area contributed by atoms with Crippen molar-refractivity contribution in [3.63, 3.8) is 0 Å². The van der Waals surface area contributed by atoms with Gasteiger partial charge in [-0.25, -0.2) is 0 Å². The fourth-order valence-electron chi connectivity index (χ4n) is 2.48. The highest BCUT2D eigenvalue weighted by Crippen LogP contribution is 2.29. The minimum absolute atomic E-state index is 0.0247. The van der Waals surface area contributed by atoms with Crippen LogP contribution in [0.25, 0.3) is 0 Å². The van der Waals surface area contributed by atoms with Crippen LogP contribution in [0, 0.1) is 6.92 Å². The summed E-state index contributed by atoms with van der Waals surface area (Å²) < 4.78 is 0. The van der Waals surface area contributed by atoms with Crippen molar-refractivity contribution < 1.29 is 4.79 Å². The fourth-order valence-corrected chi connectivity index (χ4v) is 2.48. The van der Waals surface area contributed by atoms with Gasteiger partial charge in [0.15, 0.2) is 0 Å². The molecular formula is C16H16N2O. The van der Waals surface area contributed by atoms with Gasteiger partial charge in [0, 0.05) is 23.5 Å². The molecule has 0 bridgehead atoms. The van der Waals surface area contributed by atoms with E-state index in [0.29, 0.717) is 11.3 Å². The molecule has 0 aliphatic carbocycles. The quantitative estimate of drug-likeness (QED) is 0.793. The van der Waals surface area contributed by atoms with Crippen LogP contribution < -0.4 is 10.6 Å². The second-order valence-electron chi connectivity index (χ2n) is 4.91. The van der Waals surface area contributed by atoms with E-state index in [0.717, 1.165) is 24.2 Å². The smallest absolute Gasteiger partial charge is 0.258 e. The summed E-state index contributed by atoms with van der Waals surface area (Å²) >= 11 is 0. The molecule has 1 amide bonds. The first-order valence-corrected chi connectivity index (χ1v) is 6.43. The van der Waals surface area contributed by atoms with E-state index in [1.165, 1.54) is 5.56 Å². The molecule has 1 heterocycles. The highest BCUT2D eigenvalue weighted by molar-refractivity contribution is 6.07. The van der Waals surface area contributed by atoms with Crippen molar-refractivity contribution in [1.82, 2.24) is 0 Å². The molecule has 2 N–H and O–H groups in total. The number of hydrogen-bond acceptors (Lipinski definition) is 2. The number of nitrogen functional groups attached to an aromatic ring is 1. The summed E-state index contributed by atoms with van der Waals surface area (Å²) in [5.41, 5.74) is 10.4. The molecule has 2 aromatic rings.